The van der Waals surface area contributed by atoms with E-state index in [-0.39, 0.29) is 6.04 Å². The van der Waals surface area contributed by atoms with Crippen LogP contribution in [0.25, 0.3) is 0 Å². The summed E-state index contributed by atoms with van der Waals surface area (Å²) in [5.74, 6) is 0.665. The van der Waals surface area contributed by atoms with Crippen LogP contribution in [-0.2, 0) is 0 Å². The molecule has 0 aliphatic rings. The number of hydrogen-bond acceptors (Lipinski definition) is 3. The molecule has 0 fully saturated rings. The summed E-state index contributed by atoms with van der Waals surface area (Å²) in [5, 5.41) is 3.51. The van der Waals surface area contributed by atoms with E-state index in [9.17, 15) is 0 Å². The molecule has 1 unspecified atom stereocenters. The predicted octanol–water partition coefficient (Wildman–Crippen LogP) is 4.58. The Hall–Kier alpha value is -2.03. The lowest BCUT2D eigenvalue weighted by Crippen LogP contribution is -2.10. The van der Waals surface area contributed by atoms with Gasteiger partial charge < -0.3 is 10.1 Å². The number of ether oxygens (including phenoxy) is 1. The Kier molecular flexibility index (Phi) is 4.84. The monoisotopic (exact) mass is 284 g/mol. The number of hydrogen-bond donors (Lipinski definition) is 1. The van der Waals surface area contributed by atoms with E-state index in [0.29, 0.717) is 12.5 Å². The Morgan fingerprint density at radius 1 is 1.14 bits per heavy atom. The third-order valence-electron chi connectivity index (χ3n) is 3.58. The van der Waals surface area contributed by atoms with Crippen molar-refractivity contribution in [3.63, 3.8) is 0 Å². The second-order valence-electron chi connectivity index (χ2n) is 5.50. The Balaban J connectivity index is 2.16. The third kappa shape index (κ3) is 3.75. The molecule has 21 heavy (non-hydrogen) atoms. The van der Waals surface area contributed by atoms with Crippen molar-refractivity contribution in [2.24, 2.45) is 0 Å². The number of aryl methyl sites for hydroxylation is 3. The van der Waals surface area contributed by atoms with Gasteiger partial charge in [-0.05, 0) is 57.4 Å². The first-order chi connectivity index (χ1) is 10.0. The summed E-state index contributed by atoms with van der Waals surface area (Å²) in [4.78, 5) is 4.29. The van der Waals surface area contributed by atoms with E-state index < -0.39 is 0 Å². The quantitative estimate of drug-likeness (QED) is 0.872. The van der Waals surface area contributed by atoms with Crippen LogP contribution in [0.4, 0.5) is 5.69 Å². The smallest absolute Gasteiger partial charge is 0.213 e. The van der Waals surface area contributed by atoms with E-state index in [1.165, 1.54) is 22.3 Å². The van der Waals surface area contributed by atoms with Gasteiger partial charge in [0.05, 0.1) is 18.5 Å². The summed E-state index contributed by atoms with van der Waals surface area (Å²) in [5.41, 5.74) is 6.32. The number of rotatable bonds is 5. The van der Waals surface area contributed by atoms with Crippen molar-refractivity contribution < 1.29 is 4.74 Å². The fourth-order valence-electron chi connectivity index (χ4n) is 2.90. The maximum Gasteiger partial charge on any atom is 0.213 e. The molecule has 0 bridgehead atoms. The Morgan fingerprint density at radius 2 is 1.81 bits per heavy atom. The van der Waals surface area contributed by atoms with Crippen molar-refractivity contribution >= 4 is 5.69 Å². The van der Waals surface area contributed by atoms with Crippen LogP contribution >= 0.6 is 0 Å². The molecule has 0 saturated carbocycles. The number of nitrogens with zero attached hydrogens (tertiary/aromatic N) is 1. The van der Waals surface area contributed by atoms with Gasteiger partial charge in [0.2, 0.25) is 5.88 Å². The molecule has 3 nitrogen and oxygen atoms in total. The average molecular weight is 284 g/mol. The lowest BCUT2D eigenvalue weighted by atomic mass is 9.95. The van der Waals surface area contributed by atoms with Gasteiger partial charge >= 0.3 is 0 Å². The molecule has 0 saturated heterocycles. The molecule has 0 aliphatic heterocycles. The number of nitrogens with one attached hydrogen (secondary N) is 1. The van der Waals surface area contributed by atoms with Crippen LogP contribution in [0.5, 0.6) is 5.88 Å². The molecule has 3 heteroatoms. The zero-order valence-corrected chi connectivity index (χ0v) is 13.5. The predicted molar refractivity (Wildman–Crippen MR) is 88.1 cm³/mol. The van der Waals surface area contributed by atoms with Crippen LogP contribution in [-0.4, -0.2) is 11.6 Å². The van der Waals surface area contributed by atoms with E-state index in [0.717, 1.165) is 5.69 Å². The second-order valence-corrected chi connectivity index (χ2v) is 5.50. The molecule has 1 aromatic heterocycles. The summed E-state index contributed by atoms with van der Waals surface area (Å²) >= 11 is 0. The molecular formula is C18H24N2O. The second kappa shape index (κ2) is 6.61. The van der Waals surface area contributed by atoms with Gasteiger partial charge in [-0.15, -0.1) is 0 Å². The zero-order chi connectivity index (χ0) is 15.4. The van der Waals surface area contributed by atoms with E-state index in [1.54, 1.807) is 0 Å². The lowest BCUT2D eigenvalue weighted by molar-refractivity contribution is 0.327. The number of anilines is 1. The first-order valence-electron chi connectivity index (χ1n) is 7.44. The normalized spacial score (nSPS) is 12.0. The van der Waals surface area contributed by atoms with Gasteiger partial charge in [-0.2, -0.15) is 0 Å². The first kappa shape index (κ1) is 15.4. The van der Waals surface area contributed by atoms with Gasteiger partial charge in [0.25, 0.3) is 0 Å². The van der Waals surface area contributed by atoms with Crippen LogP contribution in [0.15, 0.2) is 30.5 Å². The summed E-state index contributed by atoms with van der Waals surface area (Å²) in [6.07, 6.45) is 1.82. The van der Waals surface area contributed by atoms with Crippen molar-refractivity contribution in [3.8, 4) is 5.88 Å². The lowest BCUT2D eigenvalue weighted by Gasteiger charge is -2.20. The topological polar surface area (TPSA) is 34.1 Å². The van der Waals surface area contributed by atoms with Crippen molar-refractivity contribution in [1.82, 2.24) is 4.98 Å². The average Bonchev–Trinajstić information content (AvgIpc) is 2.40. The van der Waals surface area contributed by atoms with Crippen molar-refractivity contribution in [1.29, 1.82) is 0 Å². The summed E-state index contributed by atoms with van der Waals surface area (Å²) in [7, 11) is 0. The molecule has 0 aliphatic carbocycles. The van der Waals surface area contributed by atoms with Crippen LogP contribution < -0.4 is 10.1 Å². The largest absolute Gasteiger partial charge is 0.478 e. The van der Waals surface area contributed by atoms with E-state index in [4.69, 9.17) is 4.74 Å². The van der Waals surface area contributed by atoms with Crippen LogP contribution in [0, 0.1) is 20.8 Å². The number of aromatic nitrogens is 1. The third-order valence-corrected chi connectivity index (χ3v) is 3.58. The number of pyridine rings is 1. The molecule has 0 amide bonds. The van der Waals surface area contributed by atoms with E-state index in [1.807, 2.05) is 25.3 Å². The van der Waals surface area contributed by atoms with Crippen LogP contribution in [0.3, 0.4) is 0 Å². The molecule has 2 rings (SSSR count). The summed E-state index contributed by atoms with van der Waals surface area (Å²) in [6, 6.07) is 8.61. The minimum atomic E-state index is 0.241. The van der Waals surface area contributed by atoms with Gasteiger partial charge in [0.15, 0.2) is 0 Å². The first-order valence-corrected chi connectivity index (χ1v) is 7.44. The van der Waals surface area contributed by atoms with E-state index >= 15 is 0 Å². The molecule has 0 radical (unpaired) electrons. The van der Waals surface area contributed by atoms with Gasteiger partial charge in [0, 0.05) is 12.1 Å². The van der Waals surface area contributed by atoms with E-state index in [2.05, 4.69) is 50.1 Å². The Labute approximate surface area is 127 Å². The Morgan fingerprint density at radius 3 is 2.33 bits per heavy atom. The fraction of sp³-hybridized carbons (Fsp3) is 0.389. The Bertz CT molecular complexity index is 582. The zero-order valence-electron chi connectivity index (χ0n) is 13.5. The highest BCUT2D eigenvalue weighted by molar-refractivity contribution is 5.48. The van der Waals surface area contributed by atoms with Gasteiger partial charge in [-0.25, -0.2) is 4.98 Å². The highest BCUT2D eigenvalue weighted by atomic mass is 16.5. The van der Waals surface area contributed by atoms with Crippen molar-refractivity contribution in [2.45, 2.75) is 40.7 Å². The highest BCUT2D eigenvalue weighted by Crippen LogP contribution is 2.26. The van der Waals surface area contributed by atoms with Crippen molar-refractivity contribution in [3.05, 3.63) is 52.7 Å². The molecule has 1 atom stereocenters. The number of benzene rings is 1. The molecule has 0 spiro atoms. The van der Waals surface area contributed by atoms with Crippen LogP contribution in [0.2, 0.25) is 0 Å². The molecule has 2 aromatic rings. The van der Waals surface area contributed by atoms with Gasteiger partial charge in [0.1, 0.15) is 0 Å². The molecule has 1 aromatic carbocycles. The molecular weight excluding hydrogens is 260 g/mol. The molecule has 1 heterocycles. The van der Waals surface area contributed by atoms with Crippen LogP contribution in [0.1, 0.15) is 42.1 Å². The standard InChI is InChI=1S/C18H24N2O/c1-6-21-17-8-7-16(11-19-17)20-15(5)18-13(3)9-12(2)10-14(18)4/h7-11,15,20H,6H2,1-5H3. The maximum absolute atomic E-state index is 5.36. The van der Waals surface area contributed by atoms with Crippen molar-refractivity contribution in [2.75, 3.05) is 11.9 Å². The highest BCUT2D eigenvalue weighted by Gasteiger charge is 2.12. The maximum atomic E-state index is 5.36. The SMILES string of the molecule is CCOc1ccc(NC(C)c2c(C)cc(C)cc2C)cn1. The van der Waals surface area contributed by atoms with Gasteiger partial charge in [-0.1, -0.05) is 17.7 Å². The summed E-state index contributed by atoms with van der Waals surface area (Å²) in [6.45, 7) is 11.3. The minimum absolute atomic E-state index is 0.241. The fourth-order valence-corrected chi connectivity index (χ4v) is 2.90. The molecule has 1 N–H and O–H groups in total. The van der Waals surface area contributed by atoms with Gasteiger partial charge in [-0.3, -0.25) is 0 Å². The molecule has 112 valence electrons. The minimum Gasteiger partial charge on any atom is -0.478 e. The summed E-state index contributed by atoms with van der Waals surface area (Å²) < 4.78 is 5.36.